The van der Waals surface area contributed by atoms with Crippen LogP contribution in [0.2, 0.25) is 0 Å². The molecule has 0 radical (unpaired) electrons. The summed E-state index contributed by atoms with van der Waals surface area (Å²) in [5.74, 6) is 0. The van der Waals surface area contributed by atoms with Crippen molar-refractivity contribution < 1.29 is 9.47 Å². The van der Waals surface area contributed by atoms with E-state index in [2.05, 4.69) is 30.7 Å². The first-order chi connectivity index (χ1) is 9.66. The lowest BCUT2D eigenvalue weighted by Gasteiger charge is -2.38. The Hall–Kier alpha value is -0.160. The van der Waals surface area contributed by atoms with Gasteiger partial charge in [0, 0.05) is 25.2 Å². The average Bonchev–Trinajstić information content (AvgIpc) is 2.96. The monoisotopic (exact) mass is 284 g/mol. The van der Waals surface area contributed by atoms with Gasteiger partial charge in [-0.15, -0.1) is 0 Å². The summed E-state index contributed by atoms with van der Waals surface area (Å²) in [5, 5.41) is 0. The van der Waals surface area contributed by atoms with Crippen molar-refractivity contribution in [2.45, 2.75) is 57.7 Å². The molecular formula is C16H32N2O2. The van der Waals surface area contributed by atoms with Crippen LogP contribution in [0.4, 0.5) is 0 Å². The number of rotatable bonds is 7. The van der Waals surface area contributed by atoms with Gasteiger partial charge in [-0.3, -0.25) is 0 Å². The van der Waals surface area contributed by atoms with E-state index in [1.165, 1.54) is 38.8 Å². The molecule has 4 nitrogen and oxygen atoms in total. The van der Waals surface area contributed by atoms with E-state index in [4.69, 9.17) is 9.47 Å². The van der Waals surface area contributed by atoms with E-state index in [1.807, 2.05) is 0 Å². The molecule has 0 aliphatic carbocycles. The second kappa shape index (κ2) is 8.32. The van der Waals surface area contributed by atoms with Crippen molar-refractivity contribution in [2.24, 2.45) is 0 Å². The summed E-state index contributed by atoms with van der Waals surface area (Å²) in [5.41, 5.74) is 0. The topological polar surface area (TPSA) is 24.9 Å². The fraction of sp³-hybridized carbons (Fsp3) is 1.00. The Morgan fingerprint density at radius 1 is 1.25 bits per heavy atom. The molecule has 2 fully saturated rings. The van der Waals surface area contributed by atoms with Crippen molar-refractivity contribution in [1.82, 2.24) is 9.80 Å². The van der Waals surface area contributed by atoms with Crippen LogP contribution in [-0.2, 0) is 9.47 Å². The molecule has 0 bridgehead atoms. The highest BCUT2D eigenvalue weighted by atomic mass is 16.5. The summed E-state index contributed by atoms with van der Waals surface area (Å²) < 4.78 is 11.3. The van der Waals surface area contributed by atoms with Crippen LogP contribution in [0.15, 0.2) is 0 Å². The van der Waals surface area contributed by atoms with E-state index in [0.29, 0.717) is 12.1 Å². The summed E-state index contributed by atoms with van der Waals surface area (Å²) in [6.07, 6.45) is 5.31. The summed E-state index contributed by atoms with van der Waals surface area (Å²) in [6, 6.07) is 1.42. The van der Waals surface area contributed by atoms with E-state index < -0.39 is 0 Å². The van der Waals surface area contributed by atoms with Crippen LogP contribution >= 0.6 is 0 Å². The first-order valence-electron chi connectivity index (χ1n) is 8.30. The maximum absolute atomic E-state index is 5.76. The number of ether oxygens (including phenoxy) is 2. The zero-order valence-corrected chi connectivity index (χ0v) is 13.5. The van der Waals surface area contributed by atoms with Gasteiger partial charge in [0.25, 0.3) is 0 Å². The summed E-state index contributed by atoms with van der Waals surface area (Å²) >= 11 is 0. The van der Waals surface area contributed by atoms with E-state index >= 15 is 0 Å². The van der Waals surface area contributed by atoms with Gasteiger partial charge in [-0.2, -0.15) is 0 Å². The molecule has 2 heterocycles. The summed E-state index contributed by atoms with van der Waals surface area (Å²) in [6.45, 7) is 10.6. The normalized spacial score (nSPS) is 25.9. The molecule has 1 unspecified atom stereocenters. The average molecular weight is 284 g/mol. The Morgan fingerprint density at radius 2 is 2.00 bits per heavy atom. The first kappa shape index (κ1) is 16.2. The zero-order valence-electron chi connectivity index (χ0n) is 13.5. The third kappa shape index (κ3) is 4.99. The molecular weight excluding hydrogens is 252 g/mol. The van der Waals surface area contributed by atoms with Gasteiger partial charge >= 0.3 is 0 Å². The fourth-order valence-electron chi connectivity index (χ4n) is 3.22. The lowest BCUT2D eigenvalue weighted by Crippen LogP contribution is -2.46. The van der Waals surface area contributed by atoms with Crippen LogP contribution in [0.3, 0.4) is 0 Å². The molecule has 2 aliphatic heterocycles. The number of nitrogens with zero attached hydrogens (tertiary/aromatic N) is 2. The van der Waals surface area contributed by atoms with Gasteiger partial charge in [-0.25, -0.2) is 0 Å². The molecule has 0 aromatic heterocycles. The van der Waals surface area contributed by atoms with Crippen LogP contribution in [0.25, 0.3) is 0 Å². The Kier molecular flexibility index (Phi) is 6.75. The SMILES string of the molecule is CC(C)N1CCC(N(C)CCOCC2CCCO2)CC1. The van der Waals surface area contributed by atoms with E-state index in [-0.39, 0.29) is 0 Å². The predicted octanol–water partition coefficient (Wildman–Crippen LogP) is 1.99. The summed E-state index contributed by atoms with van der Waals surface area (Å²) in [7, 11) is 2.24. The number of hydrogen-bond donors (Lipinski definition) is 0. The molecule has 0 aromatic rings. The lowest BCUT2D eigenvalue weighted by molar-refractivity contribution is 0.00611. The quantitative estimate of drug-likeness (QED) is 0.668. The lowest BCUT2D eigenvalue weighted by atomic mass is 10.0. The van der Waals surface area contributed by atoms with Crippen molar-refractivity contribution in [2.75, 3.05) is 46.5 Å². The van der Waals surface area contributed by atoms with Gasteiger partial charge in [0.15, 0.2) is 0 Å². The third-order valence-corrected chi connectivity index (χ3v) is 4.77. The molecule has 4 heteroatoms. The highest BCUT2D eigenvalue weighted by Crippen LogP contribution is 2.17. The van der Waals surface area contributed by atoms with Crippen LogP contribution in [0.5, 0.6) is 0 Å². The second-order valence-electron chi connectivity index (χ2n) is 6.55. The Bertz CT molecular complexity index is 259. The number of likely N-dealkylation sites (N-methyl/N-ethyl adjacent to an activating group) is 1. The molecule has 0 amide bonds. The van der Waals surface area contributed by atoms with Crippen molar-refractivity contribution in [3.05, 3.63) is 0 Å². The maximum Gasteiger partial charge on any atom is 0.0809 e. The van der Waals surface area contributed by atoms with Gasteiger partial charge in [0.1, 0.15) is 0 Å². The number of piperidine rings is 1. The van der Waals surface area contributed by atoms with E-state index in [1.54, 1.807) is 0 Å². The van der Waals surface area contributed by atoms with Gasteiger partial charge in [-0.1, -0.05) is 0 Å². The smallest absolute Gasteiger partial charge is 0.0809 e. The minimum absolute atomic E-state index is 0.356. The largest absolute Gasteiger partial charge is 0.377 e. The molecule has 2 saturated heterocycles. The van der Waals surface area contributed by atoms with Crippen molar-refractivity contribution >= 4 is 0 Å². The minimum Gasteiger partial charge on any atom is -0.377 e. The zero-order chi connectivity index (χ0) is 14.4. The predicted molar refractivity (Wildman–Crippen MR) is 82.2 cm³/mol. The summed E-state index contributed by atoms with van der Waals surface area (Å²) in [4.78, 5) is 5.06. The molecule has 0 spiro atoms. The van der Waals surface area contributed by atoms with Gasteiger partial charge in [-0.05, 0) is 59.7 Å². The van der Waals surface area contributed by atoms with Crippen molar-refractivity contribution in [1.29, 1.82) is 0 Å². The molecule has 0 N–H and O–H groups in total. The molecule has 1 atom stereocenters. The molecule has 20 heavy (non-hydrogen) atoms. The standard InChI is InChI=1S/C16H32N2O2/c1-14(2)18-8-6-15(7-9-18)17(3)10-12-19-13-16-5-4-11-20-16/h14-16H,4-13H2,1-3H3. The highest BCUT2D eigenvalue weighted by Gasteiger charge is 2.23. The second-order valence-corrected chi connectivity index (χ2v) is 6.55. The van der Waals surface area contributed by atoms with Crippen LogP contribution in [0.1, 0.15) is 39.5 Å². The molecule has 118 valence electrons. The highest BCUT2D eigenvalue weighted by molar-refractivity contribution is 4.79. The molecule has 0 aromatic carbocycles. The van der Waals surface area contributed by atoms with Gasteiger partial charge in [0.2, 0.25) is 0 Å². The van der Waals surface area contributed by atoms with Crippen molar-refractivity contribution in [3.8, 4) is 0 Å². The molecule has 2 aliphatic rings. The number of likely N-dealkylation sites (tertiary alicyclic amines) is 1. The first-order valence-corrected chi connectivity index (χ1v) is 8.30. The van der Waals surface area contributed by atoms with Crippen LogP contribution in [0, 0.1) is 0 Å². The number of hydrogen-bond acceptors (Lipinski definition) is 4. The minimum atomic E-state index is 0.356. The van der Waals surface area contributed by atoms with Crippen LogP contribution < -0.4 is 0 Å². The van der Waals surface area contributed by atoms with Gasteiger partial charge in [0.05, 0.1) is 19.3 Å². The maximum atomic E-state index is 5.76. The Labute approximate surface area is 124 Å². The van der Waals surface area contributed by atoms with E-state index in [9.17, 15) is 0 Å². The Balaban J connectivity index is 1.54. The Morgan fingerprint density at radius 3 is 2.60 bits per heavy atom. The fourth-order valence-corrected chi connectivity index (χ4v) is 3.22. The molecule has 0 saturated carbocycles. The van der Waals surface area contributed by atoms with Crippen molar-refractivity contribution in [3.63, 3.8) is 0 Å². The van der Waals surface area contributed by atoms with E-state index in [0.717, 1.165) is 32.4 Å². The third-order valence-electron chi connectivity index (χ3n) is 4.77. The molecule has 2 rings (SSSR count). The van der Waals surface area contributed by atoms with Gasteiger partial charge < -0.3 is 19.3 Å². The van der Waals surface area contributed by atoms with Crippen LogP contribution in [-0.4, -0.2) is 74.5 Å².